The topological polar surface area (TPSA) is 43.1 Å². The van der Waals surface area contributed by atoms with Gasteiger partial charge in [0, 0.05) is 0 Å². The zero-order valence-corrected chi connectivity index (χ0v) is 3.99. The van der Waals surface area contributed by atoms with Gasteiger partial charge in [0.1, 0.15) is 0 Å². The summed E-state index contributed by atoms with van der Waals surface area (Å²) in [5, 5.41) is 0. The molecule has 0 bridgehead atoms. The van der Waals surface area contributed by atoms with Crippen molar-refractivity contribution in [3.63, 3.8) is 0 Å². The molecule has 2 N–H and O–H groups in total. The first-order chi connectivity index (χ1) is 2.64. The third kappa shape index (κ3) is 1.91. The molecule has 0 aliphatic heterocycles. The smallest absolute Gasteiger partial charge is 0.151 e. The van der Waals surface area contributed by atoms with E-state index in [2.05, 4.69) is 0 Å². The minimum Gasteiger partial charge on any atom is -0.317 e. The van der Waals surface area contributed by atoms with Gasteiger partial charge in [0.2, 0.25) is 0 Å². The lowest BCUT2D eigenvalue weighted by Gasteiger charge is -1.90. The van der Waals surface area contributed by atoms with Crippen molar-refractivity contribution in [1.29, 1.82) is 0 Å². The van der Waals surface area contributed by atoms with E-state index in [0.29, 0.717) is 6.04 Å². The van der Waals surface area contributed by atoms with Crippen LogP contribution in [-0.4, -0.2) is 5.78 Å². The van der Waals surface area contributed by atoms with Gasteiger partial charge in [-0.15, -0.1) is 0 Å². The molecule has 0 aliphatic rings. The second kappa shape index (κ2) is 1.92. The highest BCUT2D eigenvalue weighted by atomic mass is 16.1. The first-order valence-corrected chi connectivity index (χ1v) is 1.74. The molecule has 0 atom stereocenters. The maximum Gasteiger partial charge on any atom is 0.151 e. The van der Waals surface area contributed by atoms with Gasteiger partial charge in [0.15, 0.2) is 5.78 Å². The summed E-state index contributed by atoms with van der Waals surface area (Å²) >= 11 is 0. The van der Waals surface area contributed by atoms with Gasteiger partial charge in [-0.2, -0.15) is 0 Å². The first kappa shape index (κ1) is 5.63. The van der Waals surface area contributed by atoms with Crippen LogP contribution < -0.4 is 5.73 Å². The number of carbonyl (C=O) groups excluding carboxylic acids is 1. The summed E-state index contributed by atoms with van der Waals surface area (Å²) in [7, 11) is 0. The molecule has 2 heteroatoms. The molecule has 0 aliphatic carbocycles. The summed E-state index contributed by atoms with van der Waals surface area (Å²) in [6.07, 6.45) is 0. The Morgan fingerprint density at radius 2 is 1.67 bits per heavy atom. The van der Waals surface area contributed by atoms with Crippen molar-refractivity contribution in [2.45, 2.75) is 13.8 Å². The van der Waals surface area contributed by atoms with Crippen LogP contribution in [0.2, 0.25) is 0 Å². The molecule has 1 radical (unpaired) electrons. The van der Waals surface area contributed by atoms with Crippen molar-refractivity contribution in [2.24, 2.45) is 5.73 Å². The average Bonchev–Trinajstić information content (AvgIpc) is 1.36. The van der Waals surface area contributed by atoms with Crippen LogP contribution in [0.3, 0.4) is 0 Å². The molecular formula is C4H8NO. The Bertz CT molecular complexity index is 58.6. The molecule has 0 aromatic rings. The summed E-state index contributed by atoms with van der Waals surface area (Å²) in [6.45, 7) is 3.03. The van der Waals surface area contributed by atoms with Crippen LogP contribution in [0.25, 0.3) is 0 Å². The van der Waals surface area contributed by atoms with Crippen LogP contribution in [-0.2, 0) is 4.79 Å². The molecule has 0 saturated carbocycles. The molecule has 35 valence electrons. The van der Waals surface area contributed by atoms with Crippen molar-refractivity contribution in [1.82, 2.24) is 0 Å². The Morgan fingerprint density at radius 3 is 1.67 bits per heavy atom. The van der Waals surface area contributed by atoms with E-state index in [4.69, 9.17) is 5.73 Å². The van der Waals surface area contributed by atoms with Gasteiger partial charge in [-0.05, 0) is 13.8 Å². The van der Waals surface area contributed by atoms with Gasteiger partial charge in [-0.1, -0.05) is 0 Å². The Morgan fingerprint density at radius 1 is 1.50 bits per heavy atom. The molecule has 6 heavy (non-hydrogen) atoms. The third-order valence-electron chi connectivity index (χ3n) is 0.555. The van der Waals surface area contributed by atoms with Gasteiger partial charge < -0.3 is 5.73 Å². The standard InChI is InChI=1S/C4H8NO/c1-3(5)4(2)6/h5H2,1-2H3. The maximum atomic E-state index is 9.98. The van der Waals surface area contributed by atoms with Gasteiger partial charge in [0.05, 0.1) is 6.04 Å². The number of nitrogens with two attached hydrogens (primary N) is 1. The zero-order valence-electron chi connectivity index (χ0n) is 3.99. The van der Waals surface area contributed by atoms with Crippen molar-refractivity contribution in [3.05, 3.63) is 6.04 Å². The van der Waals surface area contributed by atoms with Gasteiger partial charge in [-0.25, -0.2) is 0 Å². The van der Waals surface area contributed by atoms with Crippen LogP contribution in [0, 0.1) is 6.04 Å². The number of hydrogen-bond acceptors (Lipinski definition) is 2. The van der Waals surface area contributed by atoms with E-state index in [1.807, 2.05) is 0 Å². The lowest BCUT2D eigenvalue weighted by atomic mass is 10.3. The summed E-state index contributed by atoms with van der Waals surface area (Å²) < 4.78 is 0. The van der Waals surface area contributed by atoms with Crippen LogP contribution in [0.15, 0.2) is 0 Å². The van der Waals surface area contributed by atoms with Gasteiger partial charge in [0.25, 0.3) is 0 Å². The van der Waals surface area contributed by atoms with E-state index in [9.17, 15) is 4.79 Å². The fourth-order valence-electron chi connectivity index (χ4n) is 0. The van der Waals surface area contributed by atoms with Crippen LogP contribution in [0.1, 0.15) is 13.8 Å². The Balaban J connectivity index is 3.26. The van der Waals surface area contributed by atoms with E-state index < -0.39 is 0 Å². The fraction of sp³-hybridized carbons (Fsp3) is 0.500. The largest absolute Gasteiger partial charge is 0.317 e. The molecule has 0 heterocycles. The minimum absolute atomic E-state index is 0.0463. The number of rotatable bonds is 1. The minimum atomic E-state index is -0.0463. The maximum absolute atomic E-state index is 9.98. The van der Waals surface area contributed by atoms with Gasteiger partial charge >= 0.3 is 0 Å². The molecular weight excluding hydrogens is 78.0 g/mol. The molecule has 0 unspecified atom stereocenters. The first-order valence-electron chi connectivity index (χ1n) is 1.74. The van der Waals surface area contributed by atoms with E-state index in [0.717, 1.165) is 0 Å². The zero-order chi connectivity index (χ0) is 5.15. The Hall–Kier alpha value is -0.370. The molecule has 0 amide bonds. The van der Waals surface area contributed by atoms with Crippen molar-refractivity contribution in [2.75, 3.05) is 0 Å². The van der Waals surface area contributed by atoms with Crippen LogP contribution in [0.5, 0.6) is 0 Å². The Kier molecular flexibility index (Phi) is 1.81. The third-order valence-corrected chi connectivity index (χ3v) is 0.555. The molecule has 0 aromatic carbocycles. The summed E-state index contributed by atoms with van der Waals surface area (Å²) in [5.74, 6) is -0.0463. The SMILES string of the molecule is C[C](N)C(C)=O. The number of carbonyl (C=O) groups is 1. The monoisotopic (exact) mass is 86.1 g/mol. The van der Waals surface area contributed by atoms with Crippen molar-refractivity contribution < 1.29 is 4.79 Å². The van der Waals surface area contributed by atoms with Crippen molar-refractivity contribution in [3.8, 4) is 0 Å². The van der Waals surface area contributed by atoms with E-state index in [-0.39, 0.29) is 5.78 Å². The highest BCUT2D eigenvalue weighted by Gasteiger charge is 1.96. The highest BCUT2D eigenvalue weighted by molar-refractivity contribution is 5.88. The molecule has 0 rings (SSSR count). The molecule has 0 saturated heterocycles. The average molecular weight is 86.1 g/mol. The molecule has 0 fully saturated rings. The quantitative estimate of drug-likeness (QED) is 0.491. The van der Waals surface area contributed by atoms with E-state index in [1.165, 1.54) is 6.92 Å². The molecule has 0 aromatic heterocycles. The number of hydrogen-bond donors (Lipinski definition) is 1. The lowest BCUT2D eigenvalue weighted by Crippen LogP contribution is -2.13. The molecule has 2 nitrogen and oxygen atoms in total. The van der Waals surface area contributed by atoms with Crippen LogP contribution in [0.4, 0.5) is 0 Å². The normalized spacial score (nSPS) is 9.33. The second-order valence-corrected chi connectivity index (χ2v) is 1.24. The number of Topliss-reactive ketones (excluding diaryl/α,β-unsaturated/α-hetero) is 1. The lowest BCUT2D eigenvalue weighted by molar-refractivity contribution is -0.115. The summed E-state index contributed by atoms with van der Waals surface area (Å²) in [4.78, 5) is 9.98. The summed E-state index contributed by atoms with van der Waals surface area (Å²) in [6, 6.07) is 0.370. The van der Waals surface area contributed by atoms with Gasteiger partial charge in [-0.3, -0.25) is 4.79 Å². The fourth-order valence-corrected chi connectivity index (χ4v) is 0. The number of ketones is 1. The van der Waals surface area contributed by atoms with E-state index in [1.54, 1.807) is 6.92 Å². The highest BCUT2D eigenvalue weighted by Crippen LogP contribution is 1.83. The van der Waals surface area contributed by atoms with Crippen LogP contribution >= 0.6 is 0 Å². The Labute approximate surface area is 37.3 Å². The summed E-state index contributed by atoms with van der Waals surface area (Å²) in [5.41, 5.74) is 5.00. The predicted octanol–water partition coefficient (Wildman–Crippen LogP) is 0.0860. The predicted molar refractivity (Wildman–Crippen MR) is 23.8 cm³/mol. The molecule has 0 spiro atoms. The van der Waals surface area contributed by atoms with E-state index >= 15 is 0 Å². The second-order valence-electron chi connectivity index (χ2n) is 1.24. The van der Waals surface area contributed by atoms with Crippen molar-refractivity contribution >= 4 is 5.78 Å².